The second-order valence-electron chi connectivity index (χ2n) is 5.85. The van der Waals surface area contributed by atoms with Gasteiger partial charge in [0, 0.05) is 19.7 Å². The lowest BCUT2D eigenvalue weighted by atomic mass is 10.0. The fourth-order valence-electron chi connectivity index (χ4n) is 2.87. The smallest absolute Gasteiger partial charge is 0.188 e. The van der Waals surface area contributed by atoms with Crippen molar-refractivity contribution in [3.05, 3.63) is 0 Å². The molecular weight excluding hydrogens is 214 g/mol. The molecule has 1 unspecified atom stereocenters. The fourth-order valence-corrected chi connectivity index (χ4v) is 2.87. The van der Waals surface area contributed by atoms with Crippen LogP contribution in [0.2, 0.25) is 0 Å². The third-order valence-corrected chi connectivity index (χ3v) is 4.43. The zero-order valence-corrected chi connectivity index (χ0v) is 10.5. The quantitative estimate of drug-likeness (QED) is 0.559. The molecule has 0 radical (unpaired) electrons. The van der Waals surface area contributed by atoms with Crippen LogP contribution in [-0.4, -0.2) is 31.8 Å². The standard InChI is InChI=1S/C13H23N3O/c14-12(15-8-11-2-1-7-17-11)16-9-13(5-6-13)10-3-4-10/h10-11H,1-9H2,(H3,14,15,16). The molecule has 96 valence electrons. The molecular formula is C13H23N3O. The maximum Gasteiger partial charge on any atom is 0.188 e. The van der Waals surface area contributed by atoms with E-state index >= 15 is 0 Å². The monoisotopic (exact) mass is 237 g/mol. The molecule has 3 fully saturated rings. The highest BCUT2D eigenvalue weighted by Gasteiger charge is 2.53. The molecule has 1 atom stereocenters. The minimum atomic E-state index is 0.335. The molecule has 17 heavy (non-hydrogen) atoms. The van der Waals surface area contributed by atoms with Crippen LogP contribution in [-0.2, 0) is 4.74 Å². The summed E-state index contributed by atoms with van der Waals surface area (Å²) < 4.78 is 5.54. The Morgan fingerprint density at radius 2 is 2.18 bits per heavy atom. The van der Waals surface area contributed by atoms with E-state index in [2.05, 4.69) is 10.3 Å². The summed E-state index contributed by atoms with van der Waals surface area (Å²) in [6.45, 7) is 2.64. The van der Waals surface area contributed by atoms with Gasteiger partial charge in [-0.25, -0.2) is 0 Å². The van der Waals surface area contributed by atoms with Gasteiger partial charge in [-0.2, -0.15) is 0 Å². The van der Waals surface area contributed by atoms with E-state index in [1.165, 1.54) is 32.1 Å². The van der Waals surface area contributed by atoms with Crippen LogP contribution in [0.25, 0.3) is 0 Å². The molecule has 0 aromatic rings. The summed E-state index contributed by atoms with van der Waals surface area (Å²) in [6.07, 6.45) is 8.21. The first kappa shape index (κ1) is 11.3. The molecule has 0 aromatic carbocycles. The molecule has 3 N–H and O–H groups in total. The lowest BCUT2D eigenvalue weighted by molar-refractivity contribution is 0.114. The minimum absolute atomic E-state index is 0.335. The topological polar surface area (TPSA) is 59.6 Å². The van der Waals surface area contributed by atoms with Crippen molar-refractivity contribution in [2.45, 2.75) is 44.6 Å². The number of ether oxygens (including phenoxy) is 1. The summed E-state index contributed by atoms with van der Waals surface area (Å²) in [5.74, 6) is 1.56. The molecule has 3 aliphatic rings. The van der Waals surface area contributed by atoms with Crippen LogP contribution in [0, 0.1) is 11.3 Å². The van der Waals surface area contributed by atoms with Crippen molar-refractivity contribution >= 4 is 5.96 Å². The van der Waals surface area contributed by atoms with Crippen molar-refractivity contribution in [3.63, 3.8) is 0 Å². The number of hydrogen-bond donors (Lipinski definition) is 2. The Kier molecular flexibility index (Phi) is 2.99. The Labute approximate surface area is 103 Å². The van der Waals surface area contributed by atoms with Crippen LogP contribution < -0.4 is 11.1 Å². The SMILES string of the molecule is NC(=NCC1(C2CC2)CC1)NCC1CCCO1. The van der Waals surface area contributed by atoms with E-state index in [1.54, 1.807) is 0 Å². The number of aliphatic imine (C=N–C) groups is 1. The zero-order chi connectivity index (χ0) is 11.7. The van der Waals surface area contributed by atoms with Crippen molar-refractivity contribution in [3.8, 4) is 0 Å². The number of nitrogens with two attached hydrogens (primary N) is 1. The Balaban J connectivity index is 1.40. The van der Waals surface area contributed by atoms with Gasteiger partial charge in [-0.3, -0.25) is 4.99 Å². The summed E-state index contributed by atoms with van der Waals surface area (Å²) >= 11 is 0. The number of hydrogen-bond acceptors (Lipinski definition) is 2. The Morgan fingerprint density at radius 1 is 1.35 bits per heavy atom. The zero-order valence-electron chi connectivity index (χ0n) is 10.5. The molecule has 0 aromatic heterocycles. The van der Waals surface area contributed by atoms with E-state index in [0.717, 1.165) is 32.0 Å². The van der Waals surface area contributed by atoms with Crippen LogP contribution in [0.5, 0.6) is 0 Å². The van der Waals surface area contributed by atoms with Crippen molar-refractivity contribution in [2.24, 2.45) is 22.1 Å². The van der Waals surface area contributed by atoms with Gasteiger partial charge >= 0.3 is 0 Å². The molecule has 0 amide bonds. The highest BCUT2D eigenvalue weighted by Crippen LogP contribution is 2.61. The second-order valence-corrected chi connectivity index (χ2v) is 5.85. The highest BCUT2D eigenvalue weighted by molar-refractivity contribution is 5.77. The maximum absolute atomic E-state index is 5.89. The van der Waals surface area contributed by atoms with Crippen molar-refractivity contribution in [1.82, 2.24) is 5.32 Å². The van der Waals surface area contributed by atoms with Gasteiger partial charge in [0.15, 0.2) is 5.96 Å². The minimum Gasteiger partial charge on any atom is -0.376 e. The van der Waals surface area contributed by atoms with Gasteiger partial charge in [0.1, 0.15) is 0 Å². The maximum atomic E-state index is 5.89. The fraction of sp³-hybridized carbons (Fsp3) is 0.923. The first-order valence-corrected chi connectivity index (χ1v) is 6.94. The molecule has 0 spiro atoms. The van der Waals surface area contributed by atoms with Gasteiger partial charge in [-0.15, -0.1) is 0 Å². The van der Waals surface area contributed by atoms with Crippen LogP contribution in [0.15, 0.2) is 4.99 Å². The summed E-state index contributed by atoms with van der Waals surface area (Å²) in [6, 6.07) is 0. The second kappa shape index (κ2) is 4.48. The van der Waals surface area contributed by atoms with Crippen LogP contribution in [0.4, 0.5) is 0 Å². The lowest BCUT2D eigenvalue weighted by Crippen LogP contribution is -2.37. The Hall–Kier alpha value is -0.770. The largest absolute Gasteiger partial charge is 0.376 e. The molecule has 1 saturated heterocycles. The van der Waals surface area contributed by atoms with Gasteiger partial charge in [-0.1, -0.05) is 0 Å². The molecule has 1 aliphatic heterocycles. The average molecular weight is 237 g/mol. The van der Waals surface area contributed by atoms with Crippen molar-refractivity contribution < 1.29 is 4.74 Å². The molecule has 2 saturated carbocycles. The normalized spacial score (nSPS) is 31.5. The Bertz CT molecular complexity index is 302. The predicted octanol–water partition coefficient (Wildman–Crippen LogP) is 1.26. The molecule has 0 bridgehead atoms. The van der Waals surface area contributed by atoms with Crippen LogP contribution >= 0.6 is 0 Å². The van der Waals surface area contributed by atoms with E-state index in [-0.39, 0.29) is 0 Å². The number of nitrogens with one attached hydrogen (secondary N) is 1. The summed E-state index contributed by atoms with van der Waals surface area (Å²) in [4.78, 5) is 4.51. The predicted molar refractivity (Wildman–Crippen MR) is 67.9 cm³/mol. The lowest BCUT2D eigenvalue weighted by Gasteiger charge is -2.13. The third kappa shape index (κ3) is 2.73. The van der Waals surface area contributed by atoms with Gasteiger partial charge in [0.25, 0.3) is 0 Å². The van der Waals surface area contributed by atoms with Gasteiger partial charge in [-0.05, 0) is 49.9 Å². The molecule has 3 rings (SSSR count). The van der Waals surface area contributed by atoms with E-state index < -0.39 is 0 Å². The van der Waals surface area contributed by atoms with Crippen molar-refractivity contribution in [1.29, 1.82) is 0 Å². The number of nitrogens with zero attached hydrogens (tertiary/aromatic N) is 1. The van der Waals surface area contributed by atoms with E-state index in [4.69, 9.17) is 10.5 Å². The van der Waals surface area contributed by atoms with E-state index in [1.807, 2.05) is 0 Å². The van der Waals surface area contributed by atoms with E-state index in [9.17, 15) is 0 Å². The van der Waals surface area contributed by atoms with Crippen molar-refractivity contribution in [2.75, 3.05) is 19.7 Å². The van der Waals surface area contributed by atoms with E-state index in [0.29, 0.717) is 17.5 Å². The summed E-state index contributed by atoms with van der Waals surface area (Å²) in [5, 5.41) is 3.19. The van der Waals surface area contributed by atoms with Crippen LogP contribution in [0.3, 0.4) is 0 Å². The first-order chi connectivity index (χ1) is 8.28. The third-order valence-electron chi connectivity index (χ3n) is 4.43. The molecule has 4 nitrogen and oxygen atoms in total. The molecule has 2 aliphatic carbocycles. The summed E-state index contributed by atoms with van der Waals surface area (Å²) in [7, 11) is 0. The summed E-state index contributed by atoms with van der Waals surface area (Å²) in [5.41, 5.74) is 6.44. The Morgan fingerprint density at radius 3 is 2.76 bits per heavy atom. The number of guanidine groups is 1. The average Bonchev–Trinajstić information content (AvgIpc) is 3.23. The van der Waals surface area contributed by atoms with Gasteiger partial charge in [0.2, 0.25) is 0 Å². The highest BCUT2D eigenvalue weighted by atomic mass is 16.5. The number of rotatable bonds is 5. The first-order valence-electron chi connectivity index (χ1n) is 6.94. The van der Waals surface area contributed by atoms with Gasteiger partial charge < -0.3 is 15.8 Å². The van der Waals surface area contributed by atoms with Gasteiger partial charge in [0.05, 0.1) is 6.10 Å². The molecule has 1 heterocycles. The molecule has 4 heteroatoms. The van der Waals surface area contributed by atoms with Crippen LogP contribution in [0.1, 0.15) is 38.5 Å².